The van der Waals surface area contributed by atoms with Gasteiger partial charge in [-0.15, -0.1) is 11.3 Å². The Balaban J connectivity index is 2.29. The normalized spacial score (nSPS) is 10.4. The fraction of sp³-hybridized carbons (Fsp3) is 0.0833. The van der Waals surface area contributed by atoms with Crippen LogP contribution in [0.25, 0.3) is 0 Å². The third kappa shape index (κ3) is 2.76. The summed E-state index contributed by atoms with van der Waals surface area (Å²) in [5.74, 6) is -0.0583. The fourth-order valence-electron chi connectivity index (χ4n) is 1.47. The molecule has 0 atom stereocenters. The largest absolute Gasteiger partial charge is 0.399 e. The molecule has 6 heteroatoms. The molecule has 2 rings (SSSR count). The molecule has 0 aliphatic carbocycles. The van der Waals surface area contributed by atoms with Crippen LogP contribution in [0.2, 0.25) is 0 Å². The minimum atomic E-state index is -0.0583. The van der Waals surface area contributed by atoms with Gasteiger partial charge in [-0.1, -0.05) is 6.07 Å². The van der Waals surface area contributed by atoms with Crippen LogP contribution in [0.15, 0.2) is 38.6 Å². The van der Waals surface area contributed by atoms with Crippen molar-refractivity contribution in [2.45, 2.75) is 0 Å². The van der Waals surface area contributed by atoms with Crippen LogP contribution in [0, 0.1) is 0 Å². The van der Waals surface area contributed by atoms with E-state index in [2.05, 4.69) is 31.9 Å². The molecule has 18 heavy (non-hydrogen) atoms. The third-order valence-electron chi connectivity index (χ3n) is 2.42. The highest BCUT2D eigenvalue weighted by atomic mass is 79.9. The van der Waals surface area contributed by atoms with Gasteiger partial charge < -0.3 is 10.6 Å². The van der Waals surface area contributed by atoms with Crippen molar-refractivity contribution >= 4 is 60.5 Å². The van der Waals surface area contributed by atoms with Gasteiger partial charge in [0.05, 0.1) is 8.66 Å². The quantitative estimate of drug-likeness (QED) is 0.784. The molecule has 0 aliphatic rings. The Kier molecular flexibility index (Phi) is 4.09. The number of carbonyl (C=O) groups excluding carboxylic acids is 1. The molecule has 94 valence electrons. The number of nitrogens with two attached hydrogens (primary N) is 1. The highest BCUT2D eigenvalue weighted by Crippen LogP contribution is 2.33. The van der Waals surface area contributed by atoms with E-state index in [1.807, 2.05) is 12.1 Å². The number of hydrogen-bond donors (Lipinski definition) is 1. The predicted molar refractivity (Wildman–Crippen MR) is 83.3 cm³/mol. The van der Waals surface area contributed by atoms with Crippen molar-refractivity contribution in [2.24, 2.45) is 0 Å². The number of benzene rings is 1. The summed E-state index contributed by atoms with van der Waals surface area (Å²) in [5.41, 5.74) is 7.13. The van der Waals surface area contributed by atoms with Crippen LogP contribution >= 0.6 is 43.2 Å². The van der Waals surface area contributed by atoms with E-state index in [0.29, 0.717) is 10.6 Å². The van der Waals surface area contributed by atoms with Crippen LogP contribution in [0.1, 0.15) is 9.67 Å². The van der Waals surface area contributed by atoms with Crippen molar-refractivity contribution in [2.75, 3.05) is 17.7 Å². The van der Waals surface area contributed by atoms with Crippen molar-refractivity contribution in [1.82, 2.24) is 0 Å². The molecule has 0 saturated heterocycles. The van der Waals surface area contributed by atoms with Crippen LogP contribution in [0.5, 0.6) is 0 Å². The molecule has 0 radical (unpaired) electrons. The Labute approximate surface area is 126 Å². The number of hydrogen-bond acceptors (Lipinski definition) is 3. The zero-order valence-electron chi connectivity index (χ0n) is 9.48. The predicted octanol–water partition coefficient (Wildman–Crippen LogP) is 4.13. The van der Waals surface area contributed by atoms with Crippen LogP contribution in [-0.4, -0.2) is 13.0 Å². The van der Waals surface area contributed by atoms with Gasteiger partial charge in [-0.05, 0) is 56.1 Å². The molecule has 2 N–H and O–H groups in total. The van der Waals surface area contributed by atoms with E-state index in [-0.39, 0.29) is 5.91 Å². The maximum Gasteiger partial charge on any atom is 0.268 e. The van der Waals surface area contributed by atoms with Gasteiger partial charge in [-0.25, -0.2) is 0 Å². The molecule has 0 bridgehead atoms. The molecular formula is C12H10Br2N2OS. The first-order valence-corrected chi connectivity index (χ1v) is 7.47. The SMILES string of the molecule is CN(C(=O)c1cc(Br)c(Br)s1)c1cccc(N)c1. The van der Waals surface area contributed by atoms with Crippen LogP contribution < -0.4 is 10.6 Å². The Morgan fingerprint density at radius 1 is 1.33 bits per heavy atom. The first kappa shape index (κ1) is 13.6. The van der Waals surface area contributed by atoms with Crippen molar-refractivity contribution in [1.29, 1.82) is 0 Å². The monoisotopic (exact) mass is 388 g/mol. The number of carbonyl (C=O) groups is 1. The molecule has 0 spiro atoms. The van der Waals surface area contributed by atoms with Crippen LogP contribution in [0.3, 0.4) is 0 Å². The van der Waals surface area contributed by atoms with E-state index >= 15 is 0 Å². The van der Waals surface area contributed by atoms with E-state index in [0.717, 1.165) is 13.9 Å². The van der Waals surface area contributed by atoms with Crippen LogP contribution in [0.4, 0.5) is 11.4 Å². The Bertz CT molecular complexity index is 578. The maximum atomic E-state index is 12.3. The van der Waals surface area contributed by atoms with Gasteiger partial charge >= 0.3 is 0 Å². The molecule has 1 heterocycles. The van der Waals surface area contributed by atoms with Gasteiger partial charge in [0.2, 0.25) is 0 Å². The van der Waals surface area contributed by atoms with Gasteiger partial charge in [-0.2, -0.15) is 0 Å². The summed E-state index contributed by atoms with van der Waals surface area (Å²) in [4.78, 5) is 14.5. The average molecular weight is 390 g/mol. The van der Waals surface area contributed by atoms with Crippen molar-refractivity contribution < 1.29 is 4.79 Å². The second-order valence-electron chi connectivity index (χ2n) is 3.69. The van der Waals surface area contributed by atoms with E-state index in [4.69, 9.17) is 5.73 Å². The lowest BCUT2D eigenvalue weighted by Crippen LogP contribution is -2.25. The Hall–Kier alpha value is -0.850. The van der Waals surface area contributed by atoms with Gasteiger partial charge in [0, 0.05) is 22.9 Å². The topological polar surface area (TPSA) is 46.3 Å². The smallest absolute Gasteiger partial charge is 0.268 e. The second kappa shape index (κ2) is 5.42. The van der Waals surface area contributed by atoms with Gasteiger partial charge in [0.15, 0.2) is 0 Å². The summed E-state index contributed by atoms with van der Waals surface area (Å²) in [5, 5.41) is 0. The lowest BCUT2D eigenvalue weighted by atomic mass is 10.2. The second-order valence-corrected chi connectivity index (χ2v) is 6.92. The minimum Gasteiger partial charge on any atom is -0.399 e. The first-order valence-electron chi connectivity index (χ1n) is 5.07. The molecule has 0 fully saturated rings. The lowest BCUT2D eigenvalue weighted by molar-refractivity contribution is 0.0997. The van der Waals surface area contributed by atoms with Crippen LogP contribution in [-0.2, 0) is 0 Å². The van der Waals surface area contributed by atoms with E-state index < -0.39 is 0 Å². The number of rotatable bonds is 2. The summed E-state index contributed by atoms with van der Waals surface area (Å²) >= 11 is 8.15. The van der Waals surface area contributed by atoms with E-state index in [1.165, 1.54) is 11.3 Å². The number of halogens is 2. The summed E-state index contributed by atoms with van der Waals surface area (Å²) < 4.78 is 1.80. The molecule has 1 amide bonds. The Morgan fingerprint density at radius 3 is 2.61 bits per heavy atom. The third-order valence-corrected chi connectivity index (χ3v) is 5.66. The molecular weight excluding hydrogens is 380 g/mol. The zero-order valence-corrected chi connectivity index (χ0v) is 13.5. The number of nitrogens with zero attached hydrogens (tertiary/aromatic N) is 1. The molecule has 0 aliphatic heterocycles. The molecule has 1 aromatic heterocycles. The number of anilines is 2. The summed E-state index contributed by atoms with van der Waals surface area (Å²) in [6, 6.07) is 9.05. The summed E-state index contributed by atoms with van der Waals surface area (Å²) in [7, 11) is 1.73. The average Bonchev–Trinajstić information content (AvgIpc) is 2.68. The summed E-state index contributed by atoms with van der Waals surface area (Å²) in [6.45, 7) is 0. The highest BCUT2D eigenvalue weighted by Gasteiger charge is 2.17. The highest BCUT2D eigenvalue weighted by molar-refractivity contribution is 9.13. The zero-order chi connectivity index (χ0) is 13.3. The van der Waals surface area contributed by atoms with Crippen molar-refractivity contribution in [3.8, 4) is 0 Å². The molecule has 0 unspecified atom stereocenters. The van der Waals surface area contributed by atoms with Crippen molar-refractivity contribution in [3.63, 3.8) is 0 Å². The van der Waals surface area contributed by atoms with Gasteiger partial charge in [0.1, 0.15) is 0 Å². The number of thiophene rings is 1. The summed E-state index contributed by atoms with van der Waals surface area (Å²) in [6.07, 6.45) is 0. The van der Waals surface area contributed by atoms with Crippen molar-refractivity contribution in [3.05, 3.63) is 43.5 Å². The molecule has 1 aromatic carbocycles. The Morgan fingerprint density at radius 2 is 2.06 bits per heavy atom. The molecule has 3 nitrogen and oxygen atoms in total. The van der Waals surface area contributed by atoms with E-state index in [1.54, 1.807) is 30.1 Å². The van der Waals surface area contributed by atoms with Gasteiger partial charge in [0.25, 0.3) is 5.91 Å². The molecule has 0 saturated carbocycles. The molecule has 2 aromatic rings. The van der Waals surface area contributed by atoms with Gasteiger partial charge in [-0.3, -0.25) is 4.79 Å². The minimum absolute atomic E-state index is 0.0583. The number of nitrogen functional groups attached to an aromatic ring is 1. The fourth-order valence-corrected chi connectivity index (χ4v) is 3.48. The number of amides is 1. The lowest BCUT2D eigenvalue weighted by Gasteiger charge is -2.16. The first-order chi connectivity index (χ1) is 8.49. The maximum absolute atomic E-state index is 12.3. The standard InChI is InChI=1S/C12H10Br2N2OS/c1-16(8-4-2-3-7(15)5-8)12(17)10-6-9(13)11(14)18-10/h2-6H,15H2,1H3. The van der Waals surface area contributed by atoms with E-state index in [9.17, 15) is 4.79 Å².